The number of fused-ring (bicyclic) bond motifs is 1. The molecule has 0 fully saturated rings. The maximum atomic E-state index is 9.88. The van der Waals surface area contributed by atoms with Gasteiger partial charge in [-0.1, -0.05) is 0 Å². The van der Waals surface area contributed by atoms with E-state index in [0.29, 0.717) is 12.3 Å². The molecular weight excluding hydrogens is 242 g/mol. The van der Waals surface area contributed by atoms with E-state index >= 15 is 0 Å². The fourth-order valence-corrected chi connectivity index (χ4v) is 1.70. The summed E-state index contributed by atoms with van der Waals surface area (Å²) >= 11 is 0. The highest BCUT2D eigenvalue weighted by Crippen LogP contribution is 2.17. The number of imidazole rings is 1. The summed E-state index contributed by atoms with van der Waals surface area (Å²) in [7, 11) is 0. The number of ether oxygens (including phenoxy) is 1. The third-order valence-electron chi connectivity index (χ3n) is 2.68. The van der Waals surface area contributed by atoms with Gasteiger partial charge in [0.25, 0.3) is 0 Å². The van der Waals surface area contributed by atoms with Crippen molar-refractivity contribution >= 4 is 5.65 Å². The van der Waals surface area contributed by atoms with Crippen molar-refractivity contribution in [3.8, 4) is 5.75 Å². The largest absolute Gasteiger partial charge is 0.487 e. The molecule has 0 radical (unpaired) electrons. The third-order valence-corrected chi connectivity index (χ3v) is 2.68. The molecule has 0 aliphatic carbocycles. The van der Waals surface area contributed by atoms with E-state index in [4.69, 9.17) is 4.74 Å². The van der Waals surface area contributed by atoms with Gasteiger partial charge in [0, 0.05) is 30.7 Å². The lowest BCUT2D eigenvalue weighted by molar-refractivity contribution is 0.101. The van der Waals surface area contributed by atoms with E-state index in [0.717, 1.165) is 5.65 Å². The first-order valence-corrected chi connectivity index (χ1v) is 6.43. The molecule has 0 amide bonds. The van der Waals surface area contributed by atoms with Crippen LogP contribution in [0.4, 0.5) is 0 Å². The molecule has 0 saturated heterocycles. The van der Waals surface area contributed by atoms with Gasteiger partial charge in [-0.25, -0.2) is 4.98 Å². The molecule has 2 aromatic rings. The lowest BCUT2D eigenvalue weighted by atomic mass is 10.1. The molecule has 0 bridgehead atoms. The van der Waals surface area contributed by atoms with Gasteiger partial charge in [-0.05, 0) is 32.9 Å². The van der Waals surface area contributed by atoms with Crippen molar-refractivity contribution in [2.45, 2.75) is 32.4 Å². The number of nitrogens with zero attached hydrogens (tertiary/aromatic N) is 2. The van der Waals surface area contributed by atoms with Gasteiger partial charge >= 0.3 is 0 Å². The van der Waals surface area contributed by atoms with Crippen molar-refractivity contribution in [2.75, 3.05) is 13.2 Å². The Balaban J connectivity index is 1.90. The molecule has 0 aliphatic rings. The Morgan fingerprint density at radius 2 is 2.21 bits per heavy atom. The summed E-state index contributed by atoms with van der Waals surface area (Å²) in [4.78, 5) is 4.22. The minimum absolute atomic E-state index is 0.00984. The van der Waals surface area contributed by atoms with Crippen molar-refractivity contribution in [3.63, 3.8) is 0 Å². The predicted octanol–water partition coefficient (Wildman–Crippen LogP) is 1.46. The molecule has 5 nitrogen and oxygen atoms in total. The van der Waals surface area contributed by atoms with Crippen molar-refractivity contribution in [2.24, 2.45) is 0 Å². The second-order valence-corrected chi connectivity index (χ2v) is 5.63. The molecule has 0 unspecified atom stereocenters. The fraction of sp³-hybridized carbons (Fsp3) is 0.500. The van der Waals surface area contributed by atoms with Crippen LogP contribution in [0.1, 0.15) is 20.8 Å². The number of aromatic nitrogens is 2. The van der Waals surface area contributed by atoms with Crippen LogP contribution in [0.5, 0.6) is 5.75 Å². The van der Waals surface area contributed by atoms with E-state index in [2.05, 4.69) is 31.1 Å². The van der Waals surface area contributed by atoms with Gasteiger partial charge in [-0.15, -0.1) is 0 Å². The Hall–Kier alpha value is -1.59. The van der Waals surface area contributed by atoms with Crippen LogP contribution in [0, 0.1) is 0 Å². The van der Waals surface area contributed by atoms with Crippen LogP contribution < -0.4 is 10.1 Å². The van der Waals surface area contributed by atoms with Crippen molar-refractivity contribution < 1.29 is 9.84 Å². The van der Waals surface area contributed by atoms with Crippen LogP contribution in [0.25, 0.3) is 5.65 Å². The average molecular weight is 263 g/mol. The summed E-state index contributed by atoms with van der Waals surface area (Å²) in [5, 5.41) is 13.1. The minimum Gasteiger partial charge on any atom is -0.487 e. The van der Waals surface area contributed by atoms with Crippen LogP contribution >= 0.6 is 0 Å². The average Bonchev–Trinajstić information content (AvgIpc) is 2.81. The molecule has 0 spiro atoms. The van der Waals surface area contributed by atoms with Gasteiger partial charge in [-0.3, -0.25) is 0 Å². The maximum Gasteiger partial charge on any atom is 0.179 e. The van der Waals surface area contributed by atoms with E-state index in [1.807, 2.05) is 28.9 Å². The highest BCUT2D eigenvalue weighted by atomic mass is 16.5. The van der Waals surface area contributed by atoms with Crippen LogP contribution in [-0.2, 0) is 0 Å². The molecule has 0 saturated carbocycles. The third kappa shape index (κ3) is 3.94. The van der Waals surface area contributed by atoms with Crippen LogP contribution in [0.3, 0.4) is 0 Å². The standard InChI is InChI=1S/C14H21N3O2/c1-14(2,3)16-9-11(18)10-19-12-5-4-7-17-8-6-15-13(12)17/h4-8,11,16,18H,9-10H2,1-3H3/t11-/m0/s1. The molecule has 2 rings (SSSR count). The number of pyridine rings is 1. The van der Waals surface area contributed by atoms with Gasteiger partial charge in [0.1, 0.15) is 12.7 Å². The molecule has 2 heterocycles. The number of nitrogens with one attached hydrogen (secondary N) is 1. The molecule has 0 aromatic carbocycles. The second-order valence-electron chi connectivity index (χ2n) is 5.63. The SMILES string of the molecule is CC(C)(C)NC[C@H](O)COc1cccn2ccnc12. The Kier molecular flexibility index (Phi) is 4.07. The normalized spacial score (nSPS) is 13.7. The van der Waals surface area contributed by atoms with Gasteiger partial charge in [0.2, 0.25) is 0 Å². The summed E-state index contributed by atoms with van der Waals surface area (Å²) in [6, 6.07) is 3.75. The van der Waals surface area contributed by atoms with Crippen molar-refractivity contribution in [1.29, 1.82) is 0 Å². The van der Waals surface area contributed by atoms with E-state index in [1.54, 1.807) is 6.20 Å². The summed E-state index contributed by atoms with van der Waals surface area (Å²) in [6.45, 7) is 6.93. The number of rotatable bonds is 5. The molecule has 19 heavy (non-hydrogen) atoms. The second kappa shape index (κ2) is 5.59. The number of aliphatic hydroxyl groups excluding tert-OH is 1. The Labute approximate surface area is 113 Å². The molecule has 5 heteroatoms. The zero-order chi connectivity index (χ0) is 13.9. The van der Waals surface area contributed by atoms with E-state index in [1.165, 1.54) is 0 Å². The summed E-state index contributed by atoms with van der Waals surface area (Å²) in [5.41, 5.74) is 0.753. The molecule has 0 aliphatic heterocycles. The van der Waals surface area contributed by atoms with E-state index in [9.17, 15) is 5.11 Å². The van der Waals surface area contributed by atoms with Crippen molar-refractivity contribution in [1.82, 2.24) is 14.7 Å². The summed E-state index contributed by atoms with van der Waals surface area (Å²) in [5.74, 6) is 0.683. The first-order chi connectivity index (χ1) is 8.96. The highest BCUT2D eigenvalue weighted by molar-refractivity contribution is 5.53. The Bertz CT molecular complexity index is 531. The van der Waals surface area contributed by atoms with E-state index < -0.39 is 6.10 Å². The lowest BCUT2D eigenvalue weighted by Crippen LogP contribution is -2.42. The maximum absolute atomic E-state index is 9.88. The fourth-order valence-electron chi connectivity index (χ4n) is 1.70. The summed E-state index contributed by atoms with van der Waals surface area (Å²) < 4.78 is 7.52. The predicted molar refractivity (Wildman–Crippen MR) is 74.4 cm³/mol. The number of β-amino-alcohol motifs (C(OH)–C–C–N with tert-alkyl or cyclic N) is 1. The minimum atomic E-state index is -0.547. The molecule has 2 N–H and O–H groups in total. The van der Waals surface area contributed by atoms with Crippen LogP contribution in [0.2, 0.25) is 0 Å². The zero-order valence-corrected chi connectivity index (χ0v) is 11.6. The van der Waals surface area contributed by atoms with Gasteiger partial charge in [0.15, 0.2) is 11.4 Å². The Morgan fingerprint density at radius 3 is 2.95 bits per heavy atom. The first kappa shape index (κ1) is 13.8. The zero-order valence-electron chi connectivity index (χ0n) is 11.6. The first-order valence-electron chi connectivity index (χ1n) is 6.43. The topological polar surface area (TPSA) is 58.8 Å². The Morgan fingerprint density at radius 1 is 1.42 bits per heavy atom. The molecule has 104 valence electrons. The molecule has 1 atom stereocenters. The lowest BCUT2D eigenvalue weighted by Gasteiger charge is -2.22. The number of aliphatic hydroxyl groups is 1. The van der Waals surface area contributed by atoms with Crippen molar-refractivity contribution in [3.05, 3.63) is 30.7 Å². The monoisotopic (exact) mass is 263 g/mol. The molecule has 2 aromatic heterocycles. The molecular formula is C14H21N3O2. The van der Waals surface area contributed by atoms with Gasteiger partial charge in [-0.2, -0.15) is 0 Å². The smallest absolute Gasteiger partial charge is 0.179 e. The number of hydrogen-bond acceptors (Lipinski definition) is 4. The van der Waals surface area contributed by atoms with Gasteiger partial charge < -0.3 is 19.6 Å². The quantitative estimate of drug-likeness (QED) is 0.857. The van der Waals surface area contributed by atoms with Crippen LogP contribution in [0.15, 0.2) is 30.7 Å². The highest BCUT2D eigenvalue weighted by Gasteiger charge is 2.13. The van der Waals surface area contributed by atoms with Crippen LogP contribution in [-0.4, -0.2) is 39.3 Å². The number of hydrogen-bond donors (Lipinski definition) is 2. The summed E-state index contributed by atoms with van der Waals surface area (Å²) in [6.07, 6.45) is 4.95. The van der Waals surface area contributed by atoms with Gasteiger partial charge in [0.05, 0.1) is 0 Å². The van der Waals surface area contributed by atoms with E-state index in [-0.39, 0.29) is 12.1 Å².